The molecule has 0 spiro atoms. The van der Waals surface area contributed by atoms with Gasteiger partial charge in [0.1, 0.15) is 0 Å². The maximum absolute atomic E-state index is 13.8. The maximum atomic E-state index is 13.8. The normalized spacial score (nSPS) is 21.5. The van der Waals surface area contributed by atoms with Crippen LogP contribution in [0.2, 0.25) is 4.82 Å². The molecule has 170 valence electrons. The Hall–Kier alpha value is -1.58. The summed E-state index contributed by atoms with van der Waals surface area (Å²) in [7, 11) is -3.47. The second-order valence-electron chi connectivity index (χ2n) is 6.55. The van der Waals surface area contributed by atoms with Crippen molar-refractivity contribution in [3.8, 4) is 0 Å². The van der Waals surface area contributed by atoms with Gasteiger partial charge in [0.15, 0.2) is 0 Å². The van der Waals surface area contributed by atoms with Crippen molar-refractivity contribution in [2.24, 2.45) is 0 Å². The molecule has 3 rings (SSSR count). The van der Waals surface area contributed by atoms with Crippen LogP contribution in [0.1, 0.15) is 26.5 Å². The molecule has 2 heterocycles. The number of nitrogens with zero attached hydrogens (tertiary/aromatic N) is 1. The summed E-state index contributed by atoms with van der Waals surface area (Å²) >= 11 is -0.119. The molecule has 31 heavy (non-hydrogen) atoms. The molecule has 1 saturated heterocycles. The first kappa shape index (κ1) is 24.1. The summed E-state index contributed by atoms with van der Waals surface area (Å²) in [5.41, 5.74) is -1.87. The van der Waals surface area contributed by atoms with Crippen LogP contribution in [0.25, 0.3) is 0 Å². The van der Waals surface area contributed by atoms with Gasteiger partial charge in [0, 0.05) is 0 Å². The molecule has 1 N–H and O–H groups in total. The van der Waals surface area contributed by atoms with E-state index in [0.717, 1.165) is 15.2 Å². The van der Waals surface area contributed by atoms with Crippen LogP contribution >= 0.6 is 7.60 Å². The second-order valence-corrected chi connectivity index (χ2v) is 11.3. The van der Waals surface area contributed by atoms with Crippen LogP contribution in [0.4, 0.5) is 4.39 Å². The van der Waals surface area contributed by atoms with Gasteiger partial charge in [-0.3, -0.25) is 0 Å². The van der Waals surface area contributed by atoms with Crippen molar-refractivity contribution in [1.82, 2.24) is 9.55 Å². The SMILES string of the molecule is CCOP(=O)(CO[C@@H]1O[C@H](n2cc(F)c(=O)[nH]c2=O)C[C@@H]1[Se]c1ccccc1)OCC. The van der Waals surface area contributed by atoms with Gasteiger partial charge in [0.05, 0.1) is 0 Å². The van der Waals surface area contributed by atoms with E-state index in [9.17, 15) is 18.5 Å². The van der Waals surface area contributed by atoms with Crippen LogP contribution in [-0.2, 0) is 23.1 Å². The second kappa shape index (κ2) is 10.8. The first-order valence-corrected chi connectivity index (χ1v) is 13.3. The topological polar surface area (TPSA) is 109 Å². The quantitative estimate of drug-likeness (QED) is 0.376. The van der Waals surface area contributed by atoms with Crippen molar-refractivity contribution in [3.05, 3.63) is 63.2 Å². The Kier molecular flexibility index (Phi) is 8.41. The number of rotatable bonds is 10. The Bertz CT molecular complexity index is 1020. The van der Waals surface area contributed by atoms with Gasteiger partial charge >= 0.3 is 184 Å². The fourth-order valence-electron chi connectivity index (χ4n) is 3.06. The Balaban J connectivity index is 1.82. The number of hydrogen-bond acceptors (Lipinski definition) is 7. The molecular weight excluding hydrogens is 497 g/mol. The molecule has 0 aliphatic carbocycles. The van der Waals surface area contributed by atoms with Gasteiger partial charge in [-0.2, -0.15) is 0 Å². The standard InChI is InChI=1S/C19H24FN2O7PSe/c1-3-27-30(25,28-4-2)12-26-18-15(31-13-8-6-5-7-9-13)10-16(29-18)22-11-14(20)17(23)21-19(22)24/h5-9,11,15-16,18H,3-4,10,12H2,1-2H3,(H,21,23,24)/t15-,16-,18+/m0/s1. The summed E-state index contributed by atoms with van der Waals surface area (Å²) in [6.45, 7) is 3.79. The number of H-pyrrole nitrogens is 1. The number of aromatic nitrogens is 2. The van der Waals surface area contributed by atoms with Gasteiger partial charge in [-0.15, -0.1) is 0 Å². The summed E-state index contributed by atoms with van der Waals surface area (Å²) < 4.78 is 50.8. The van der Waals surface area contributed by atoms with Crippen molar-refractivity contribution in [1.29, 1.82) is 0 Å². The number of hydrogen-bond donors (Lipinski definition) is 1. The van der Waals surface area contributed by atoms with E-state index in [4.69, 9.17) is 18.5 Å². The third-order valence-electron chi connectivity index (χ3n) is 4.34. The van der Waals surface area contributed by atoms with Crippen LogP contribution in [-0.4, -0.2) is 50.4 Å². The van der Waals surface area contributed by atoms with Gasteiger partial charge in [0.25, 0.3) is 0 Å². The molecule has 0 saturated carbocycles. The number of aromatic amines is 1. The van der Waals surface area contributed by atoms with E-state index < -0.39 is 37.2 Å². The van der Waals surface area contributed by atoms with E-state index in [1.165, 1.54) is 0 Å². The predicted molar refractivity (Wildman–Crippen MR) is 112 cm³/mol. The van der Waals surface area contributed by atoms with Crippen molar-refractivity contribution in [3.63, 3.8) is 0 Å². The first-order chi connectivity index (χ1) is 14.8. The number of halogens is 1. The molecule has 1 aliphatic rings. The first-order valence-electron chi connectivity index (χ1n) is 9.73. The third kappa shape index (κ3) is 6.23. The van der Waals surface area contributed by atoms with E-state index in [1.807, 2.05) is 35.3 Å². The minimum absolute atomic E-state index is 0.119. The molecule has 1 aromatic carbocycles. The molecule has 9 nitrogen and oxygen atoms in total. The van der Waals surface area contributed by atoms with Crippen molar-refractivity contribution >= 4 is 27.0 Å². The molecule has 0 radical (unpaired) electrons. The summed E-state index contributed by atoms with van der Waals surface area (Å²) in [5.74, 6) is -1.09. The zero-order valence-electron chi connectivity index (χ0n) is 17.1. The Morgan fingerprint density at radius 3 is 2.55 bits per heavy atom. The van der Waals surface area contributed by atoms with Crippen LogP contribution in [0.15, 0.2) is 46.1 Å². The predicted octanol–water partition coefficient (Wildman–Crippen LogP) is 1.98. The molecule has 1 fully saturated rings. The molecular formula is C19H24FN2O7PSe. The third-order valence-corrected chi connectivity index (χ3v) is 8.76. The van der Waals surface area contributed by atoms with Gasteiger partial charge in [0.2, 0.25) is 0 Å². The average Bonchev–Trinajstić information content (AvgIpc) is 3.13. The summed E-state index contributed by atoms with van der Waals surface area (Å²) in [5, 5.41) is 0. The van der Waals surface area contributed by atoms with E-state index in [1.54, 1.807) is 13.8 Å². The molecule has 0 unspecified atom stereocenters. The zero-order valence-corrected chi connectivity index (χ0v) is 19.7. The van der Waals surface area contributed by atoms with Gasteiger partial charge in [-0.25, -0.2) is 0 Å². The Labute approximate surface area is 184 Å². The van der Waals surface area contributed by atoms with Gasteiger partial charge < -0.3 is 0 Å². The van der Waals surface area contributed by atoms with Crippen LogP contribution in [0, 0.1) is 5.82 Å². The summed E-state index contributed by atoms with van der Waals surface area (Å²) in [4.78, 5) is 25.3. The monoisotopic (exact) mass is 522 g/mol. The van der Waals surface area contributed by atoms with Crippen molar-refractivity contribution in [2.45, 2.75) is 37.6 Å². The molecule has 12 heteroatoms. The summed E-state index contributed by atoms with van der Waals surface area (Å²) in [6, 6.07) is 9.69. The molecule has 2 aromatic rings. The Morgan fingerprint density at radius 2 is 1.90 bits per heavy atom. The molecule has 1 aromatic heterocycles. The molecule has 3 atom stereocenters. The average molecular weight is 521 g/mol. The molecule has 0 amide bonds. The fraction of sp³-hybridized carbons (Fsp3) is 0.474. The van der Waals surface area contributed by atoms with Crippen LogP contribution in [0.3, 0.4) is 0 Å². The fourth-order valence-corrected chi connectivity index (χ4v) is 6.87. The van der Waals surface area contributed by atoms with Crippen molar-refractivity contribution in [2.75, 3.05) is 19.6 Å². The van der Waals surface area contributed by atoms with E-state index in [-0.39, 0.29) is 39.3 Å². The number of ether oxygens (including phenoxy) is 2. The number of nitrogens with one attached hydrogen (secondary N) is 1. The van der Waals surface area contributed by atoms with Crippen LogP contribution in [0.5, 0.6) is 0 Å². The Morgan fingerprint density at radius 1 is 1.23 bits per heavy atom. The van der Waals surface area contributed by atoms with E-state index in [2.05, 4.69) is 0 Å². The van der Waals surface area contributed by atoms with Gasteiger partial charge in [-0.1, -0.05) is 0 Å². The van der Waals surface area contributed by atoms with E-state index >= 15 is 0 Å². The summed E-state index contributed by atoms with van der Waals surface area (Å²) in [6.07, 6.45) is -0.813. The van der Waals surface area contributed by atoms with Crippen molar-refractivity contribution < 1.29 is 27.5 Å². The van der Waals surface area contributed by atoms with Crippen LogP contribution < -0.4 is 15.7 Å². The van der Waals surface area contributed by atoms with E-state index in [0.29, 0.717) is 6.42 Å². The molecule has 1 aliphatic heterocycles. The number of benzene rings is 1. The van der Waals surface area contributed by atoms with Gasteiger partial charge in [-0.05, 0) is 0 Å². The zero-order chi connectivity index (χ0) is 22.4. The molecule has 0 bridgehead atoms. The minimum atomic E-state index is -3.47.